The molecule has 0 spiro atoms. The topological polar surface area (TPSA) is 75.4 Å². The van der Waals surface area contributed by atoms with Gasteiger partial charge in [-0.25, -0.2) is 0 Å². The van der Waals surface area contributed by atoms with Crippen LogP contribution in [0.1, 0.15) is 50.6 Å². The second kappa shape index (κ2) is 8.59. The number of carbonyl (C=O) groups excluding carboxylic acids is 2. The molecule has 4 rings (SSSR count). The summed E-state index contributed by atoms with van der Waals surface area (Å²) in [4.78, 5) is 27.3. The van der Waals surface area contributed by atoms with E-state index in [1.165, 1.54) is 19.3 Å². The lowest BCUT2D eigenvalue weighted by atomic mass is 9.95. The minimum absolute atomic E-state index is 0.00266. The van der Waals surface area contributed by atoms with E-state index in [2.05, 4.69) is 10.5 Å². The molecule has 2 amide bonds. The molecule has 2 heterocycles. The average Bonchev–Trinajstić information content (AvgIpc) is 3.39. The highest BCUT2D eigenvalue weighted by Crippen LogP contribution is 2.23. The van der Waals surface area contributed by atoms with Crippen LogP contribution in [0, 0.1) is 0 Å². The van der Waals surface area contributed by atoms with Crippen molar-refractivity contribution in [3.63, 3.8) is 0 Å². The molecule has 0 bridgehead atoms. The third-order valence-electron chi connectivity index (χ3n) is 5.78. The molecular formula is C22H27N3O3. The number of likely N-dealkylation sites (tertiary alicyclic amines) is 1. The van der Waals surface area contributed by atoms with Crippen molar-refractivity contribution >= 4 is 11.8 Å². The van der Waals surface area contributed by atoms with Crippen molar-refractivity contribution < 1.29 is 14.1 Å². The summed E-state index contributed by atoms with van der Waals surface area (Å²) >= 11 is 0. The summed E-state index contributed by atoms with van der Waals surface area (Å²) < 4.78 is 5.39. The van der Waals surface area contributed by atoms with Crippen LogP contribution in [0.2, 0.25) is 0 Å². The van der Waals surface area contributed by atoms with Crippen LogP contribution in [0.25, 0.3) is 11.3 Å². The molecular weight excluding hydrogens is 354 g/mol. The first kappa shape index (κ1) is 18.7. The fourth-order valence-corrected chi connectivity index (χ4v) is 4.27. The molecule has 0 radical (unpaired) electrons. The Morgan fingerprint density at radius 3 is 2.64 bits per heavy atom. The molecule has 148 valence electrons. The number of nitrogens with zero attached hydrogens (tertiary/aromatic N) is 2. The van der Waals surface area contributed by atoms with Crippen molar-refractivity contribution in [3.8, 4) is 11.3 Å². The van der Waals surface area contributed by atoms with E-state index in [1.807, 2.05) is 30.3 Å². The maximum atomic E-state index is 12.8. The average molecular weight is 381 g/mol. The molecule has 1 aromatic heterocycles. The first-order valence-corrected chi connectivity index (χ1v) is 10.3. The lowest BCUT2D eigenvalue weighted by Gasteiger charge is -2.28. The number of hydrogen-bond donors (Lipinski definition) is 1. The summed E-state index contributed by atoms with van der Waals surface area (Å²) in [6.45, 7) is 0.630. The van der Waals surface area contributed by atoms with Gasteiger partial charge >= 0.3 is 0 Å². The zero-order valence-corrected chi connectivity index (χ0v) is 16.1. The van der Waals surface area contributed by atoms with Gasteiger partial charge in [-0.15, -0.1) is 0 Å². The Morgan fingerprint density at radius 2 is 1.86 bits per heavy atom. The van der Waals surface area contributed by atoms with Crippen LogP contribution in [0.4, 0.5) is 0 Å². The number of carbonyl (C=O) groups is 2. The second-order valence-electron chi connectivity index (χ2n) is 7.81. The van der Waals surface area contributed by atoms with E-state index >= 15 is 0 Å². The summed E-state index contributed by atoms with van der Waals surface area (Å²) in [5, 5.41) is 7.21. The van der Waals surface area contributed by atoms with Crippen LogP contribution < -0.4 is 5.32 Å². The highest BCUT2D eigenvalue weighted by atomic mass is 16.5. The number of nitrogens with one attached hydrogen (secondary N) is 1. The Morgan fingerprint density at radius 1 is 1.07 bits per heavy atom. The molecule has 0 unspecified atom stereocenters. The highest BCUT2D eigenvalue weighted by molar-refractivity contribution is 5.89. The first-order chi connectivity index (χ1) is 13.7. The molecule has 1 aliphatic carbocycles. The lowest BCUT2D eigenvalue weighted by molar-refractivity contribution is -0.138. The smallest absolute Gasteiger partial charge is 0.243 e. The molecule has 28 heavy (non-hydrogen) atoms. The Bertz CT molecular complexity index is 811. The van der Waals surface area contributed by atoms with Crippen LogP contribution in [-0.4, -0.2) is 40.5 Å². The molecule has 1 aliphatic heterocycles. The van der Waals surface area contributed by atoms with Crippen LogP contribution in [0.5, 0.6) is 0 Å². The monoisotopic (exact) mass is 381 g/mol. The summed E-state index contributed by atoms with van der Waals surface area (Å²) in [5.41, 5.74) is 1.53. The maximum Gasteiger partial charge on any atom is 0.243 e. The normalized spacial score (nSPS) is 20.3. The van der Waals surface area contributed by atoms with Crippen molar-refractivity contribution in [2.75, 3.05) is 6.54 Å². The van der Waals surface area contributed by atoms with Gasteiger partial charge in [-0.1, -0.05) is 54.8 Å². The van der Waals surface area contributed by atoms with E-state index in [9.17, 15) is 9.59 Å². The largest absolute Gasteiger partial charge is 0.356 e. The van der Waals surface area contributed by atoms with Crippen LogP contribution in [-0.2, 0) is 16.0 Å². The van der Waals surface area contributed by atoms with Crippen LogP contribution >= 0.6 is 0 Å². The van der Waals surface area contributed by atoms with Crippen molar-refractivity contribution in [2.45, 2.75) is 63.5 Å². The van der Waals surface area contributed by atoms with Gasteiger partial charge in [0.1, 0.15) is 6.04 Å². The zero-order chi connectivity index (χ0) is 19.3. The molecule has 1 N–H and O–H groups in total. The zero-order valence-electron chi connectivity index (χ0n) is 16.1. The van der Waals surface area contributed by atoms with Gasteiger partial charge in [0.2, 0.25) is 11.8 Å². The van der Waals surface area contributed by atoms with Crippen LogP contribution in [0.3, 0.4) is 0 Å². The van der Waals surface area contributed by atoms with Gasteiger partial charge in [0.25, 0.3) is 0 Å². The van der Waals surface area contributed by atoms with Crippen LogP contribution in [0.15, 0.2) is 40.9 Å². The fourth-order valence-electron chi connectivity index (χ4n) is 4.27. The summed E-state index contributed by atoms with van der Waals surface area (Å²) in [7, 11) is 0. The van der Waals surface area contributed by atoms with E-state index in [0.29, 0.717) is 18.0 Å². The van der Waals surface area contributed by atoms with Gasteiger partial charge in [-0.2, -0.15) is 0 Å². The number of amides is 2. The third-order valence-corrected chi connectivity index (χ3v) is 5.78. The van der Waals surface area contributed by atoms with E-state index in [0.717, 1.165) is 31.2 Å². The Hall–Kier alpha value is -2.63. The molecule has 1 atom stereocenters. The van der Waals surface area contributed by atoms with E-state index < -0.39 is 0 Å². The molecule has 1 saturated carbocycles. The molecule has 2 fully saturated rings. The quantitative estimate of drug-likeness (QED) is 0.862. The Kier molecular flexibility index (Phi) is 5.74. The fraction of sp³-hybridized carbons (Fsp3) is 0.500. The molecule has 2 aromatic rings. The predicted octanol–water partition coefficient (Wildman–Crippen LogP) is 3.32. The molecule has 6 heteroatoms. The highest BCUT2D eigenvalue weighted by Gasteiger charge is 2.35. The minimum atomic E-state index is -0.352. The van der Waals surface area contributed by atoms with Crippen molar-refractivity contribution in [1.82, 2.24) is 15.4 Å². The number of rotatable bonds is 5. The van der Waals surface area contributed by atoms with Crippen molar-refractivity contribution in [1.29, 1.82) is 0 Å². The third kappa shape index (κ3) is 4.26. The summed E-state index contributed by atoms with van der Waals surface area (Å²) in [5.74, 6) is 0.591. The Labute approximate surface area is 165 Å². The van der Waals surface area contributed by atoms with Gasteiger partial charge in [-0.05, 0) is 25.7 Å². The van der Waals surface area contributed by atoms with Gasteiger partial charge < -0.3 is 14.7 Å². The van der Waals surface area contributed by atoms with Crippen molar-refractivity contribution in [3.05, 3.63) is 42.1 Å². The standard InChI is InChI=1S/C22H27N3O3/c26-21(15-18-14-20(28-24-18)16-8-3-1-4-9-16)25-13-7-12-19(25)22(27)23-17-10-5-2-6-11-17/h1,3-4,8-9,14,17,19H,2,5-7,10-13,15H2,(H,23,27)/t19-/m0/s1. The second-order valence-corrected chi connectivity index (χ2v) is 7.81. The Balaban J connectivity index is 1.37. The van der Waals surface area contributed by atoms with Gasteiger partial charge in [0, 0.05) is 24.2 Å². The number of benzene rings is 1. The first-order valence-electron chi connectivity index (χ1n) is 10.3. The predicted molar refractivity (Wildman–Crippen MR) is 105 cm³/mol. The maximum absolute atomic E-state index is 12.8. The van der Waals surface area contributed by atoms with E-state index in [1.54, 1.807) is 11.0 Å². The van der Waals surface area contributed by atoms with Gasteiger partial charge in [0.05, 0.1) is 12.1 Å². The minimum Gasteiger partial charge on any atom is -0.356 e. The van der Waals surface area contributed by atoms with Gasteiger partial charge in [0.15, 0.2) is 5.76 Å². The van der Waals surface area contributed by atoms with E-state index in [4.69, 9.17) is 4.52 Å². The number of aromatic nitrogens is 1. The molecule has 1 saturated heterocycles. The molecule has 6 nitrogen and oxygen atoms in total. The number of hydrogen-bond acceptors (Lipinski definition) is 4. The summed E-state index contributed by atoms with van der Waals surface area (Å²) in [6, 6.07) is 11.4. The SMILES string of the molecule is O=C(NC1CCCCC1)[C@@H]1CCCN1C(=O)Cc1cc(-c2ccccc2)on1. The lowest BCUT2D eigenvalue weighted by Crippen LogP contribution is -2.49. The molecule has 2 aliphatic rings. The summed E-state index contributed by atoms with van der Waals surface area (Å²) in [6.07, 6.45) is 7.46. The van der Waals surface area contributed by atoms with Crippen molar-refractivity contribution in [2.24, 2.45) is 0 Å². The van der Waals surface area contributed by atoms with Gasteiger partial charge in [-0.3, -0.25) is 9.59 Å². The molecule has 1 aromatic carbocycles. The van der Waals surface area contributed by atoms with E-state index in [-0.39, 0.29) is 30.3 Å².